The Kier molecular flexibility index (Phi) is 5.09. The van der Waals surface area contributed by atoms with E-state index in [0.29, 0.717) is 25.2 Å². The third kappa shape index (κ3) is 3.89. The summed E-state index contributed by atoms with van der Waals surface area (Å²) in [6.07, 6.45) is 0.604. The predicted octanol–water partition coefficient (Wildman–Crippen LogP) is 2.61. The van der Waals surface area contributed by atoms with E-state index in [0.717, 1.165) is 16.3 Å². The maximum Gasteiger partial charge on any atom is 0.240 e. The summed E-state index contributed by atoms with van der Waals surface area (Å²) in [6.45, 7) is 1.20. The molecule has 1 amide bonds. The topological polar surface area (TPSA) is 92.5 Å². The van der Waals surface area contributed by atoms with Gasteiger partial charge in [0.15, 0.2) is 9.84 Å². The molecule has 1 aliphatic rings. The number of fused-ring (bicyclic) bond motifs is 1. The number of rotatable bonds is 6. The lowest BCUT2D eigenvalue weighted by Crippen LogP contribution is -2.40. The van der Waals surface area contributed by atoms with Crippen LogP contribution >= 0.6 is 11.3 Å². The lowest BCUT2D eigenvalue weighted by Gasteiger charge is -2.16. The van der Waals surface area contributed by atoms with E-state index in [-0.39, 0.29) is 16.7 Å². The van der Waals surface area contributed by atoms with Gasteiger partial charge in [0.25, 0.3) is 0 Å². The molecule has 2 aromatic carbocycles. The van der Waals surface area contributed by atoms with Gasteiger partial charge in [-0.3, -0.25) is 10.1 Å². The van der Waals surface area contributed by atoms with Gasteiger partial charge in [-0.2, -0.15) is 11.3 Å². The Balaban J connectivity index is 1.43. The first kappa shape index (κ1) is 18.9. The third-order valence-electron chi connectivity index (χ3n) is 4.97. The van der Waals surface area contributed by atoms with Crippen LogP contribution < -0.4 is 11.1 Å². The Morgan fingerprint density at radius 3 is 2.75 bits per heavy atom. The van der Waals surface area contributed by atoms with Crippen molar-refractivity contribution in [1.29, 1.82) is 0 Å². The molecule has 3 aromatic rings. The van der Waals surface area contributed by atoms with Gasteiger partial charge in [0.2, 0.25) is 5.91 Å². The highest BCUT2D eigenvalue weighted by Gasteiger charge is 2.32. The van der Waals surface area contributed by atoms with Gasteiger partial charge >= 0.3 is 0 Å². The van der Waals surface area contributed by atoms with Crippen molar-refractivity contribution < 1.29 is 13.2 Å². The molecule has 146 valence electrons. The van der Waals surface area contributed by atoms with E-state index in [1.165, 1.54) is 0 Å². The molecule has 0 aliphatic carbocycles. The molecule has 2 heterocycles. The maximum atomic E-state index is 12.7. The first-order valence-electron chi connectivity index (χ1n) is 8.98. The minimum absolute atomic E-state index is 0.0484. The van der Waals surface area contributed by atoms with E-state index in [9.17, 15) is 13.2 Å². The normalized spacial score (nSPS) is 17.5. The number of nitrogens with two attached hydrogens (primary N) is 1. The fourth-order valence-corrected chi connectivity index (χ4v) is 5.25. The molecule has 1 atom stereocenters. The molecule has 3 N–H and O–H groups in total. The number of nitrogens with one attached hydrogen (secondary N) is 1. The SMILES string of the molecule is Nc1ccc2ccc(S(=O)(=O)CN[C@H]3CCN(Cc4ccsc4)C3=O)cc2c1. The maximum absolute atomic E-state index is 12.7. The average Bonchev–Trinajstić information content (AvgIpc) is 3.30. The second-order valence-electron chi connectivity index (χ2n) is 6.96. The highest BCUT2D eigenvalue weighted by molar-refractivity contribution is 7.91. The van der Waals surface area contributed by atoms with Crippen LogP contribution in [0, 0.1) is 0 Å². The smallest absolute Gasteiger partial charge is 0.240 e. The minimum atomic E-state index is -3.56. The number of thiophene rings is 1. The van der Waals surface area contributed by atoms with Crippen LogP contribution in [0.3, 0.4) is 0 Å². The second kappa shape index (κ2) is 7.54. The van der Waals surface area contributed by atoms with Crippen LogP contribution in [0.4, 0.5) is 5.69 Å². The number of nitrogen functional groups attached to an aromatic ring is 1. The number of carbonyl (C=O) groups is 1. The van der Waals surface area contributed by atoms with E-state index in [1.54, 1.807) is 46.6 Å². The number of amides is 1. The summed E-state index contributed by atoms with van der Waals surface area (Å²) >= 11 is 1.60. The number of likely N-dealkylation sites (tertiary alicyclic amines) is 1. The molecule has 8 heteroatoms. The summed E-state index contributed by atoms with van der Waals surface area (Å²) in [4.78, 5) is 14.5. The Morgan fingerprint density at radius 2 is 1.96 bits per heavy atom. The minimum Gasteiger partial charge on any atom is -0.399 e. The van der Waals surface area contributed by atoms with E-state index >= 15 is 0 Å². The number of sulfone groups is 1. The molecule has 0 spiro atoms. The van der Waals surface area contributed by atoms with E-state index in [4.69, 9.17) is 5.73 Å². The molecule has 1 saturated heterocycles. The zero-order valence-electron chi connectivity index (χ0n) is 15.2. The van der Waals surface area contributed by atoms with Crippen LogP contribution in [0.15, 0.2) is 58.1 Å². The van der Waals surface area contributed by atoms with Gasteiger partial charge in [-0.15, -0.1) is 0 Å². The number of benzene rings is 2. The van der Waals surface area contributed by atoms with Crippen LogP contribution in [-0.4, -0.2) is 37.7 Å². The zero-order chi connectivity index (χ0) is 19.7. The first-order valence-corrected chi connectivity index (χ1v) is 11.6. The number of hydrogen-bond acceptors (Lipinski definition) is 6. The van der Waals surface area contributed by atoms with Crippen molar-refractivity contribution >= 4 is 43.5 Å². The van der Waals surface area contributed by atoms with Gasteiger partial charge in [-0.1, -0.05) is 12.1 Å². The molecular weight excluding hydrogens is 394 g/mol. The number of nitrogens with zero attached hydrogens (tertiary/aromatic N) is 1. The molecule has 28 heavy (non-hydrogen) atoms. The molecule has 0 saturated carbocycles. The van der Waals surface area contributed by atoms with Gasteiger partial charge < -0.3 is 10.6 Å². The van der Waals surface area contributed by atoms with Crippen molar-refractivity contribution in [2.24, 2.45) is 0 Å². The quantitative estimate of drug-likeness (QED) is 0.604. The van der Waals surface area contributed by atoms with Crippen molar-refractivity contribution in [2.75, 3.05) is 18.2 Å². The first-order chi connectivity index (χ1) is 13.4. The van der Waals surface area contributed by atoms with Crippen LogP contribution in [0.1, 0.15) is 12.0 Å². The third-order valence-corrected chi connectivity index (χ3v) is 7.22. The Morgan fingerprint density at radius 1 is 1.14 bits per heavy atom. The summed E-state index contributed by atoms with van der Waals surface area (Å²) in [7, 11) is -3.56. The zero-order valence-corrected chi connectivity index (χ0v) is 16.8. The number of carbonyl (C=O) groups excluding carboxylic acids is 1. The van der Waals surface area contributed by atoms with Gasteiger partial charge in [0, 0.05) is 18.8 Å². The molecule has 4 rings (SSSR count). The number of anilines is 1. The van der Waals surface area contributed by atoms with Gasteiger partial charge in [-0.05, 0) is 63.8 Å². The molecule has 1 fully saturated rings. The van der Waals surface area contributed by atoms with Crippen molar-refractivity contribution in [2.45, 2.75) is 23.9 Å². The predicted molar refractivity (Wildman–Crippen MR) is 112 cm³/mol. The summed E-state index contributed by atoms with van der Waals surface area (Å²) in [6, 6.07) is 11.9. The summed E-state index contributed by atoms with van der Waals surface area (Å²) in [5.41, 5.74) is 7.48. The fraction of sp³-hybridized carbons (Fsp3) is 0.250. The monoisotopic (exact) mass is 415 g/mol. The molecule has 0 unspecified atom stereocenters. The lowest BCUT2D eigenvalue weighted by atomic mass is 10.1. The molecule has 6 nitrogen and oxygen atoms in total. The fourth-order valence-electron chi connectivity index (χ4n) is 3.42. The molecule has 1 aromatic heterocycles. The summed E-state index contributed by atoms with van der Waals surface area (Å²) < 4.78 is 25.5. The molecule has 0 bridgehead atoms. The van der Waals surface area contributed by atoms with Crippen molar-refractivity contribution in [3.63, 3.8) is 0 Å². The van der Waals surface area contributed by atoms with Gasteiger partial charge in [0.05, 0.1) is 10.9 Å². The summed E-state index contributed by atoms with van der Waals surface area (Å²) in [5.74, 6) is -0.323. The van der Waals surface area contributed by atoms with E-state index in [2.05, 4.69) is 5.32 Å². The van der Waals surface area contributed by atoms with Gasteiger partial charge in [0.1, 0.15) is 5.88 Å². The highest BCUT2D eigenvalue weighted by atomic mass is 32.2. The van der Waals surface area contributed by atoms with E-state index < -0.39 is 15.9 Å². The van der Waals surface area contributed by atoms with Gasteiger partial charge in [-0.25, -0.2) is 8.42 Å². The Bertz CT molecular complexity index is 1110. The van der Waals surface area contributed by atoms with Crippen LogP contribution in [0.5, 0.6) is 0 Å². The van der Waals surface area contributed by atoms with Crippen LogP contribution in [0.2, 0.25) is 0 Å². The largest absolute Gasteiger partial charge is 0.399 e. The lowest BCUT2D eigenvalue weighted by molar-refractivity contribution is -0.129. The van der Waals surface area contributed by atoms with Crippen LogP contribution in [-0.2, 0) is 21.2 Å². The van der Waals surface area contributed by atoms with Crippen molar-refractivity contribution in [3.05, 3.63) is 58.8 Å². The average molecular weight is 416 g/mol. The van der Waals surface area contributed by atoms with Crippen molar-refractivity contribution in [1.82, 2.24) is 10.2 Å². The standard InChI is InChI=1S/C20H21N3O3S2/c21-17-3-1-15-2-4-18(10-16(15)9-17)28(25,26)13-22-19-5-7-23(20(19)24)11-14-6-8-27-12-14/h1-4,6,8-10,12,19,22H,5,7,11,13,21H2/t19-/m0/s1. The Hall–Kier alpha value is -2.42. The highest BCUT2D eigenvalue weighted by Crippen LogP contribution is 2.22. The summed E-state index contributed by atoms with van der Waals surface area (Å²) in [5, 5.41) is 8.64. The molecular formula is C20H21N3O3S2. The number of hydrogen-bond donors (Lipinski definition) is 2. The molecule has 1 aliphatic heterocycles. The van der Waals surface area contributed by atoms with E-state index in [1.807, 2.05) is 22.9 Å². The van der Waals surface area contributed by atoms with Crippen LogP contribution in [0.25, 0.3) is 10.8 Å². The molecule has 0 radical (unpaired) electrons. The Labute approximate surface area is 167 Å². The second-order valence-corrected chi connectivity index (χ2v) is 9.73. The van der Waals surface area contributed by atoms with Crippen molar-refractivity contribution in [3.8, 4) is 0 Å².